The SMILES string of the molecule is C#CC(C)N1C(=O)N=C(N)C1C(=O)OC. The van der Waals surface area contributed by atoms with Crippen LogP contribution in [-0.4, -0.2) is 41.9 Å². The second-order valence-electron chi connectivity index (χ2n) is 2.99. The third kappa shape index (κ3) is 1.76. The average Bonchev–Trinajstić information content (AvgIpc) is 2.51. The number of nitrogens with two attached hydrogens (primary N) is 1. The molecule has 0 saturated carbocycles. The van der Waals surface area contributed by atoms with Crippen LogP contribution in [0.3, 0.4) is 0 Å². The lowest BCUT2D eigenvalue weighted by Crippen LogP contribution is -2.50. The number of hydrogen-bond acceptors (Lipinski definition) is 4. The Morgan fingerprint density at radius 3 is 2.87 bits per heavy atom. The highest BCUT2D eigenvalue weighted by Gasteiger charge is 2.41. The molecular weight excluding hydrogens is 198 g/mol. The lowest BCUT2D eigenvalue weighted by atomic mass is 10.2. The quantitative estimate of drug-likeness (QED) is 0.483. The maximum Gasteiger partial charge on any atom is 0.347 e. The van der Waals surface area contributed by atoms with Crippen LogP contribution in [0.25, 0.3) is 0 Å². The van der Waals surface area contributed by atoms with E-state index in [4.69, 9.17) is 12.2 Å². The molecule has 2 unspecified atom stereocenters. The fraction of sp³-hybridized carbons (Fsp3) is 0.444. The second kappa shape index (κ2) is 4.00. The van der Waals surface area contributed by atoms with Gasteiger partial charge < -0.3 is 10.5 Å². The van der Waals surface area contributed by atoms with Crippen LogP contribution < -0.4 is 5.73 Å². The Hall–Kier alpha value is -2.03. The van der Waals surface area contributed by atoms with Crippen LogP contribution in [0.5, 0.6) is 0 Å². The molecule has 0 saturated heterocycles. The number of rotatable bonds is 2. The first-order chi connectivity index (χ1) is 7.02. The molecule has 1 rings (SSSR count). The van der Waals surface area contributed by atoms with Crippen LogP contribution in [0.1, 0.15) is 6.92 Å². The van der Waals surface area contributed by atoms with Crippen molar-refractivity contribution in [2.45, 2.75) is 19.0 Å². The molecule has 2 atom stereocenters. The van der Waals surface area contributed by atoms with Crippen molar-refractivity contribution in [3.63, 3.8) is 0 Å². The largest absolute Gasteiger partial charge is 0.467 e. The number of esters is 1. The number of nitrogens with zero attached hydrogens (tertiary/aromatic N) is 2. The highest BCUT2D eigenvalue weighted by atomic mass is 16.5. The zero-order valence-electron chi connectivity index (χ0n) is 8.43. The van der Waals surface area contributed by atoms with Gasteiger partial charge in [0.25, 0.3) is 0 Å². The van der Waals surface area contributed by atoms with E-state index in [1.165, 1.54) is 7.11 Å². The second-order valence-corrected chi connectivity index (χ2v) is 2.99. The maximum atomic E-state index is 11.4. The Morgan fingerprint density at radius 1 is 1.80 bits per heavy atom. The number of terminal acetylenes is 1. The molecule has 2 amide bonds. The molecule has 1 aliphatic rings. The minimum absolute atomic E-state index is 0.0889. The molecule has 0 fully saturated rings. The average molecular weight is 209 g/mol. The highest BCUT2D eigenvalue weighted by molar-refractivity contribution is 6.14. The summed E-state index contributed by atoms with van der Waals surface area (Å²) in [5.74, 6) is 1.60. The number of urea groups is 1. The number of hydrogen-bond donors (Lipinski definition) is 1. The summed E-state index contributed by atoms with van der Waals surface area (Å²) >= 11 is 0. The normalized spacial score (nSPS) is 21.9. The van der Waals surface area contributed by atoms with Crippen molar-refractivity contribution in [1.82, 2.24) is 4.90 Å². The first-order valence-corrected chi connectivity index (χ1v) is 4.23. The molecule has 0 bridgehead atoms. The van der Waals surface area contributed by atoms with Gasteiger partial charge in [0.05, 0.1) is 13.2 Å². The zero-order chi connectivity index (χ0) is 11.6. The molecule has 0 aromatic heterocycles. The van der Waals surface area contributed by atoms with Gasteiger partial charge in [-0.15, -0.1) is 6.42 Å². The van der Waals surface area contributed by atoms with Crippen LogP contribution in [-0.2, 0) is 9.53 Å². The highest BCUT2D eigenvalue weighted by Crippen LogP contribution is 2.15. The molecule has 6 heteroatoms. The summed E-state index contributed by atoms with van der Waals surface area (Å²) in [5.41, 5.74) is 5.45. The molecule has 0 aromatic carbocycles. The first-order valence-electron chi connectivity index (χ1n) is 4.23. The third-order valence-corrected chi connectivity index (χ3v) is 2.09. The summed E-state index contributed by atoms with van der Waals surface area (Å²) in [6, 6.07) is -2.19. The molecule has 0 aromatic rings. The van der Waals surface area contributed by atoms with Crippen molar-refractivity contribution in [3.8, 4) is 12.3 Å². The molecule has 1 aliphatic heterocycles. The van der Waals surface area contributed by atoms with E-state index in [0.717, 1.165) is 4.90 Å². The van der Waals surface area contributed by atoms with E-state index in [1.54, 1.807) is 6.92 Å². The van der Waals surface area contributed by atoms with Crippen molar-refractivity contribution in [1.29, 1.82) is 0 Å². The van der Waals surface area contributed by atoms with Crippen LogP contribution >= 0.6 is 0 Å². The van der Waals surface area contributed by atoms with E-state index in [2.05, 4.69) is 15.6 Å². The predicted octanol–water partition coefficient (Wildman–Crippen LogP) is -0.657. The smallest absolute Gasteiger partial charge is 0.347 e. The number of methoxy groups -OCH3 is 1. The topological polar surface area (TPSA) is 85.0 Å². The maximum absolute atomic E-state index is 11.4. The Bertz CT molecular complexity index is 369. The number of carbonyl (C=O) groups is 2. The molecule has 6 nitrogen and oxygen atoms in total. The molecule has 0 radical (unpaired) electrons. The van der Waals surface area contributed by atoms with Crippen LogP contribution in [0.15, 0.2) is 4.99 Å². The number of ether oxygens (including phenoxy) is 1. The monoisotopic (exact) mass is 209 g/mol. The molecular formula is C9H11N3O3. The van der Waals surface area contributed by atoms with Gasteiger partial charge >= 0.3 is 12.0 Å². The van der Waals surface area contributed by atoms with Gasteiger partial charge in [0, 0.05) is 0 Å². The number of aliphatic imine (C=N–C) groups is 1. The van der Waals surface area contributed by atoms with Gasteiger partial charge in [0.15, 0.2) is 6.04 Å². The van der Waals surface area contributed by atoms with Crippen molar-refractivity contribution in [2.75, 3.05) is 7.11 Å². The van der Waals surface area contributed by atoms with E-state index in [-0.39, 0.29) is 5.84 Å². The molecule has 80 valence electrons. The Kier molecular flexibility index (Phi) is 2.95. The standard InChI is InChI=1S/C9H11N3O3/c1-4-5(2)12-6(8(13)15-3)7(10)11-9(12)14/h1,5-6H,2-3H3,(H2,10,11,14). The van der Waals surface area contributed by atoms with Crippen molar-refractivity contribution >= 4 is 17.8 Å². The van der Waals surface area contributed by atoms with E-state index in [1.807, 2.05) is 0 Å². The summed E-state index contributed by atoms with van der Waals surface area (Å²) < 4.78 is 4.52. The van der Waals surface area contributed by atoms with Gasteiger partial charge in [0.1, 0.15) is 5.84 Å². The fourth-order valence-electron chi connectivity index (χ4n) is 1.30. The molecule has 1 heterocycles. The Balaban J connectivity index is 3.01. The van der Waals surface area contributed by atoms with Gasteiger partial charge in [-0.1, -0.05) is 5.92 Å². The molecule has 15 heavy (non-hydrogen) atoms. The summed E-state index contributed by atoms with van der Waals surface area (Å²) in [7, 11) is 1.21. The fourth-order valence-corrected chi connectivity index (χ4v) is 1.30. The van der Waals surface area contributed by atoms with E-state index >= 15 is 0 Å². The predicted molar refractivity (Wildman–Crippen MR) is 53.0 cm³/mol. The number of carbonyl (C=O) groups excluding carboxylic acids is 2. The van der Waals surface area contributed by atoms with E-state index < -0.39 is 24.1 Å². The first kappa shape index (κ1) is 11.0. The Morgan fingerprint density at radius 2 is 2.40 bits per heavy atom. The van der Waals surface area contributed by atoms with E-state index in [9.17, 15) is 9.59 Å². The van der Waals surface area contributed by atoms with Crippen molar-refractivity contribution in [2.24, 2.45) is 10.7 Å². The summed E-state index contributed by atoms with van der Waals surface area (Å²) in [6.45, 7) is 1.60. The lowest BCUT2D eigenvalue weighted by Gasteiger charge is -2.24. The Labute approximate surface area is 87.1 Å². The summed E-state index contributed by atoms with van der Waals surface area (Å²) in [5, 5.41) is 0. The van der Waals surface area contributed by atoms with Gasteiger partial charge in [-0.25, -0.2) is 9.59 Å². The van der Waals surface area contributed by atoms with Crippen molar-refractivity contribution in [3.05, 3.63) is 0 Å². The van der Waals surface area contributed by atoms with Crippen LogP contribution in [0.2, 0.25) is 0 Å². The lowest BCUT2D eigenvalue weighted by molar-refractivity contribution is -0.143. The number of amides is 2. The van der Waals surface area contributed by atoms with Gasteiger partial charge in [-0.2, -0.15) is 4.99 Å². The minimum atomic E-state index is -1.01. The number of amidine groups is 1. The molecule has 0 spiro atoms. The molecule has 2 N–H and O–H groups in total. The third-order valence-electron chi connectivity index (χ3n) is 2.09. The van der Waals surface area contributed by atoms with Crippen LogP contribution in [0, 0.1) is 12.3 Å². The summed E-state index contributed by atoms with van der Waals surface area (Å²) in [4.78, 5) is 27.3. The zero-order valence-corrected chi connectivity index (χ0v) is 8.43. The van der Waals surface area contributed by atoms with Gasteiger partial charge in [-0.05, 0) is 6.92 Å². The molecule has 0 aliphatic carbocycles. The van der Waals surface area contributed by atoms with Gasteiger partial charge in [-0.3, -0.25) is 4.90 Å². The van der Waals surface area contributed by atoms with Crippen molar-refractivity contribution < 1.29 is 14.3 Å². The van der Waals surface area contributed by atoms with Gasteiger partial charge in [0.2, 0.25) is 0 Å². The summed E-state index contributed by atoms with van der Waals surface area (Å²) in [6.07, 6.45) is 5.18. The van der Waals surface area contributed by atoms with Crippen LogP contribution in [0.4, 0.5) is 4.79 Å². The van der Waals surface area contributed by atoms with E-state index in [0.29, 0.717) is 0 Å². The minimum Gasteiger partial charge on any atom is -0.467 e.